The molecule has 1 amide bonds. The molecule has 0 bridgehead atoms. The number of hydrogen-bond donors (Lipinski definition) is 1. The number of aromatic nitrogens is 1. The van der Waals surface area contributed by atoms with Crippen LogP contribution in [0.5, 0.6) is 5.88 Å². The second kappa shape index (κ2) is 10.1. The second-order valence-electron chi connectivity index (χ2n) is 8.67. The van der Waals surface area contributed by atoms with Gasteiger partial charge in [-0.3, -0.25) is 0 Å². The maximum atomic E-state index is 13.2. The lowest BCUT2D eigenvalue weighted by Gasteiger charge is -2.40. The molecule has 2 fully saturated rings. The van der Waals surface area contributed by atoms with E-state index >= 15 is 0 Å². The highest BCUT2D eigenvalue weighted by Gasteiger charge is 2.48. The van der Waals surface area contributed by atoms with Gasteiger partial charge in [-0.15, -0.1) is 0 Å². The minimum Gasteiger partial charge on any atom is -0.477 e. The molecule has 0 radical (unpaired) electrons. The van der Waals surface area contributed by atoms with Crippen LogP contribution >= 0.6 is 0 Å². The Morgan fingerprint density at radius 2 is 2.03 bits per heavy atom. The van der Waals surface area contributed by atoms with Crippen LogP contribution in [0, 0.1) is 11.2 Å². The number of amides is 1. The zero-order valence-corrected chi connectivity index (χ0v) is 18.2. The molecule has 0 spiro atoms. The first-order valence-electron chi connectivity index (χ1n) is 11.1. The number of piperidine rings is 1. The summed E-state index contributed by atoms with van der Waals surface area (Å²) in [4.78, 5) is 18.9. The Labute approximate surface area is 188 Å². The summed E-state index contributed by atoms with van der Waals surface area (Å²) in [6, 6.07) is 13.3. The van der Waals surface area contributed by atoms with Crippen molar-refractivity contribution >= 4 is 6.09 Å². The molecule has 1 saturated carbocycles. The lowest BCUT2D eigenvalue weighted by atomic mass is 9.79. The monoisotopic (exact) mass is 439 g/mol. The summed E-state index contributed by atoms with van der Waals surface area (Å²) >= 11 is 0. The summed E-state index contributed by atoms with van der Waals surface area (Å²) in [5.74, 6) is 0.301. The predicted octanol–water partition coefficient (Wildman–Crippen LogP) is 4.15. The molecule has 2 heterocycles. The number of nitrogens with one attached hydrogen (secondary N) is 1. The van der Waals surface area contributed by atoms with Gasteiger partial charge in [0.05, 0.1) is 12.8 Å². The molecule has 6 nitrogen and oxygen atoms in total. The van der Waals surface area contributed by atoms with Gasteiger partial charge >= 0.3 is 6.09 Å². The fourth-order valence-electron chi connectivity index (χ4n) is 4.46. The summed E-state index contributed by atoms with van der Waals surface area (Å²) in [6.45, 7) is 6.48. The summed E-state index contributed by atoms with van der Waals surface area (Å²) in [7, 11) is 0. The molecule has 1 aromatic carbocycles. The summed E-state index contributed by atoms with van der Waals surface area (Å²) in [5.41, 5.74) is 1.00. The van der Waals surface area contributed by atoms with Crippen LogP contribution in [0.25, 0.3) is 0 Å². The molecule has 1 N–H and O–H groups in total. The van der Waals surface area contributed by atoms with Crippen LogP contribution in [0.4, 0.5) is 9.18 Å². The molecule has 4 rings (SSSR count). The maximum absolute atomic E-state index is 13.2. The van der Waals surface area contributed by atoms with Gasteiger partial charge in [0.25, 0.3) is 0 Å². The maximum Gasteiger partial charge on any atom is 0.410 e. The van der Waals surface area contributed by atoms with Gasteiger partial charge in [0.15, 0.2) is 0 Å². The Morgan fingerprint density at radius 1 is 1.25 bits per heavy atom. The molecule has 2 aromatic rings. The first-order valence-corrected chi connectivity index (χ1v) is 11.1. The molecule has 32 heavy (non-hydrogen) atoms. The third-order valence-corrected chi connectivity index (χ3v) is 6.34. The quantitative estimate of drug-likeness (QED) is 0.595. The SMILES string of the molecule is C=CCOC(=O)N(CC1(COc2ccc(F)cn2)CCNCC1)C1CC1c1ccccc1. The number of nitrogens with zero attached hydrogens (tertiary/aromatic N) is 2. The van der Waals surface area contributed by atoms with Crippen molar-refractivity contribution in [1.82, 2.24) is 15.2 Å². The van der Waals surface area contributed by atoms with Crippen LogP contribution in [-0.4, -0.2) is 54.9 Å². The zero-order valence-electron chi connectivity index (χ0n) is 18.2. The van der Waals surface area contributed by atoms with E-state index in [0.29, 0.717) is 24.9 Å². The van der Waals surface area contributed by atoms with Crippen molar-refractivity contribution in [1.29, 1.82) is 0 Å². The van der Waals surface area contributed by atoms with Gasteiger partial charge in [0, 0.05) is 30.0 Å². The predicted molar refractivity (Wildman–Crippen MR) is 120 cm³/mol. The van der Waals surface area contributed by atoms with Crippen LogP contribution in [0.15, 0.2) is 61.3 Å². The lowest BCUT2D eigenvalue weighted by Crippen LogP contribution is -2.50. The number of benzene rings is 1. The molecule has 1 aliphatic heterocycles. The number of ether oxygens (including phenoxy) is 2. The van der Waals surface area contributed by atoms with Crippen LogP contribution in [0.2, 0.25) is 0 Å². The smallest absolute Gasteiger partial charge is 0.410 e. The highest BCUT2D eigenvalue weighted by atomic mass is 19.1. The molecule has 1 aliphatic carbocycles. The molecular weight excluding hydrogens is 409 g/mol. The van der Waals surface area contributed by atoms with E-state index in [1.807, 2.05) is 23.1 Å². The number of halogens is 1. The van der Waals surface area contributed by atoms with Crippen LogP contribution in [0.1, 0.15) is 30.7 Å². The minimum atomic E-state index is -0.397. The van der Waals surface area contributed by atoms with E-state index in [-0.39, 0.29) is 24.2 Å². The van der Waals surface area contributed by atoms with Gasteiger partial charge in [-0.05, 0) is 44.0 Å². The van der Waals surface area contributed by atoms with Crippen molar-refractivity contribution in [3.63, 3.8) is 0 Å². The Hall–Kier alpha value is -2.93. The second-order valence-corrected chi connectivity index (χ2v) is 8.67. The summed E-state index contributed by atoms with van der Waals surface area (Å²) < 4.78 is 24.6. The number of rotatable bonds is 9. The fourth-order valence-corrected chi connectivity index (χ4v) is 4.46. The average molecular weight is 440 g/mol. The first-order chi connectivity index (χ1) is 15.6. The highest BCUT2D eigenvalue weighted by Crippen LogP contribution is 2.46. The Bertz CT molecular complexity index is 900. The molecule has 1 saturated heterocycles. The molecule has 7 heteroatoms. The van der Waals surface area contributed by atoms with Gasteiger partial charge in [-0.2, -0.15) is 0 Å². The number of pyridine rings is 1. The summed E-state index contributed by atoms with van der Waals surface area (Å²) in [5, 5.41) is 3.39. The first kappa shape index (κ1) is 22.3. The Balaban J connectivity index is 1.51. The van der Waals surface area contributed by atoms with Crippen molar-refractivity contribution < 1.29 is 18.7 Å². The van der Waals surface area contributed by atoms with Gasteiger partial charge < -0.3 is 19.7 Å². The van der Waals surface area contributed by atoms with Crippen LogP contribution in [-0.2, 0) is 4.74 Å². The molecule has 1 aromatic heterocycles. The average Bonchev–Trinajstić information content (AvgIpc) is 3.63. The number of carbonyl (C=O) groups is 1. The molecule has 2 atom stereocenters. The number of carbonyl (C=O) groups excluding carboxylic acids is 1. The van der Waals surface area contributed by atoms with E-state index in [1.54, 1.807) is 6.08 Å². The van der Waals surface area contributed by atoms with E-state index in [0.717, 1.165) is 38.5 Å². The minimum absolute atomic E-state index is 0.102. The van der Waals surface area contributed by atoms with Crippen LogP contribution in [0.3, 0.4) is 0 Å². The fraction of sp³-hybridized carbons (Fsp3) is 0.440. The van der Waals surface area contributed by atoms with Crippen molar-refractivity contribution in [3.05, 3.63) is 72.7 Å². The van der Waals surface area contributed by atoms with Crippen molar-refractivity contribution in [2.45, 2.75) is 31.2 Å². The van der Waals surface area contributed by atoms with E-state index in [2.05, 4.69) is 29.0 Å². The molecule has 2 aliphatic rings. The van der Waals surface area contributed by atoms with E-state index in [4.69, 9.17) is 9.47 Å². The topological polar surface area (TPSA) is 63.7 Å². The third kappa shape index (κ3) is 5.46. The largest absolute Gasteiger partial charge is 0.477 e. The van der Waals surface area contributed by atoms with Crippen molar-refractivity contribution in [3.8, 4) is 5.88 Å². The molecule has 170 valence electrons. The zero-order chi connectivity index (χ0) is 22.4. The number of hydrogen-bond acceptors (Lipinski definition) is 5. The van der Waals surface area contributed by atoms with Crippen molar-refractivity contribution in [2.24, 2.45) is 5.41 Å². The molecule has 2 unspecified atom stereocenters. The third-order valence-electron chi connectivity index (χ3n) is 6.34. The summed E-state index contributed by atoms with van der Waals surface area (Å²) in [6.07, 6.45) is 5.07. The van der Waals surface area contributed by atoms with E-state index in [1.165, 1.54) is 17.7 Å². The Morgan fingerprint density at radius 3 is 2.72 bits per heavy atom. The lowest BCUT2D eigenvalue weighted by molar-refractivity contribution is 0.0415. The standard InChI is InChI=1S/C25H30FN3O3/c1-2-14-31-24(30)29(22-15-21(22)19-6-4-3-5-7-19)17-25(10-12-27-13-11-25)18-32-23-9-8-20(26)16-28-23/h2-9,16,21-22,27H,1,10-15,17-18H2. The molecular formula is C25H30FN3O3. The van der Waals surface area contributed by atoms with Gasteiger partial charge in [0.1, 0.15) is 12.4 Å². The Kier molecular flexibility index (Phi) is 7.05. The highest BCUT2D eigenvalue weighted by molar-refractivity contribution is 5.69. The van der Waals surface area contributed by atoms with Crippen molar-refractivity contribution in [2.75, 3.05) is 32.8 Å². The van der Waals surface area contributed by atoms with Gasteiger partial charge in [0.2, 0.25) is 5.88 Å². The van der Waals surface area contributed by atoms with E-state index < -0.39 is 5.82 Å². The van der Waals surface area contributed by atoms with Gasteiger partial charge in [-0.25, -0.2) is 14.2 Å². The van der Waals surface area contributed by atoms with Crippen LogP contribution < -0.4 is 10.1 Å². The van der Waals surface area contributed by atoms with Gasteiger partial charge in [-0.1, -0.05) is 43.0 Å². The normalized spacial score (nSPS) is 21.4. The van der Waals surface area contributed by atoms with E-state index in [9.17, 15) is 9.18 Å².